The van der Waals surface area contributed by atoms with Crippen molar-refractivity contribution in [1.29, 1.82) is 5.41 Å². The van der Waals surface area contributed by atoms with Crippen LogP contribution in [0.1, 0.15) is 50.2 Å². The number of hydrogen-bond acceptors (Lipinski definition) is 6. The maximum Gasteiger partial charge on any atom is 0.186 e. The number of fused-ring (bicyclic) bond motifs is 1. The molecule has 0 bridgehead atoms. The number of aromatic nitrogens is 1. The molecule has 182 valence electrons. The van der Waals surface area contributed by atoms with Gasteiger partial charge in [-0.1, -0.05) is 13.8 Å². The van der Waals surface area contributed by atoms with Crippen LogP contribution >= 0.6 is 0 Å². The lowest BCUT2D eigenvalue weighted by molar-refractivity contribution is 0.192. The third-order valence-electron chi connectivity index (χ3n) is 6.80. The van der Waals surface area contributed by atoms with Gasteiger partial charge in [0, 0.05) is 35.4 Å². The minimum Gasteiger partial charge on any atom is -0.508 e. The number of anilines is 1. The highest BCUT2D eigenvalue weighted by molar-refractivity contribution is 6.10. The Morgan fingerprint density at radius 1 is 1.15 bits per heavy atom. The Balaban J connectivity index is 1.61. The van der Waals surface area contributed by atoms with Crippen LogP contribution in [0.3, 0.4) is 0 Å². The highest BCUT2D eigenvalue weighted by atomic mass is 16.3. The summed E-state index contributed by atoms with van der Waals surface area (Å²) in [4.78, 5) is 1.27. The summed E-state index contributed by atoms with van der Waals surface area (Å²) in [5.41, 5.74) is 8.28. The smallest absolute Gasteiger partial charge is 0.186 e. The summed E-state index contributed by atoms with van der Waals surface area (Å²) >= 11 is 0. The van der Waals surface area contributed by atoms with Gasteiger partial charge in [-0.15, -0.1) is 0 Å². The minimum absolute atomic E-state index is 0.00983. The maximum absolute atomic E-state index is 10.4. The standard InChI is InChI=1S/C26H35N5O3/c1-16(2)20-14-21(24(33)15-23(20)32)25(27)31(26(28)34)19-3-4-22-18(13-19)8-12-30(22)11-7-17-5-9-29-10-6-17/h3-4,8,12-17,26-27,29,32-34H,5-7,9-11,28H2,1-2H3. The number of rotatable bonds is 7. The Bertz CT molecular complexity index is 1160. The van der Waals surface area contributed by atoms with Gasteiger partial charge in [-0.25, -0.2) is 0 Å². The zero-order chi connectivity index (χ0) is 24.4. The van der Waals surface area contributed by atoms with Gasteiger partial charge in [-0.2, -0.15) is 0 Å². The minimum atomic E-state index is -1.48. The molecule has 1 unspecified atom stereocenters. The third-order valence-corrected chi connectivity index (χ3v) is 6.80. The first-order chi connectivity index (χ1) is 16.3. The first-order valence-electron chi connectivity index (χ1n) is 11.9. The van der Waals surface area contributed by atoms with Gasteiger partial charge in [0.15, 0.2) is 6.35 Å². The second kappa shape index (κ2) is 10.0. The van der Waals surface area contributed by atoms with Crippen molar-refractivity contribution in [3.8, 4) is 11.5 Å². The van der Waals surface area contributed by atoms with Gasteiger partial charge in [0.2, 0.25) is 0 Å². The summed E-state index contributed by atoms with van der Waals surface area (Å²) in [6.45, 7) is 6.97. The molecule has 34 heavy (non-hydrogen) atoms. The molecule has 0 aliphatic carbocycles. The Morgan fingerprint density at radius 2 is 1.88 bits per heavy atom. The Hall–Kier alpha value is -3.07. The molecule has 1 fully saturated rings. The zero-order valence-corrected chi connectivity index (χ0v) is 19.8. The molecule has 2 heterocycles. The largest absolute Gasteiger partial charge is 0.508 e. The number of nitrogens with zero attached hydrogens (tertiary/aromatic N) is 2. The lowest BCUT2D eigenvalue weighted by Gasteiger charge is -2.28. The normalized spacial score (nSPS) is 15.7. The van der Waals surface area contributed by atoms with Crippen molar-refractivity contribution in [3.05, 3.63) is 53.7 Å². The lowest BCUT2D eigenvalue weighted by Crippen LogP contribution is -2.46. The molecule has 0 saturated carbocycles. The topological polar surface area (TPSA) is 131 Å². The number of nitrogens with one attached hydrogen (secondary N) is 2. The van der Waals surface area contributed by atoms with Crippen molar-refractivity contribution >= 4 is 22.4 Å². The van der Waals surface area contributed by atoms with Crippen LogP contribution in [-0.4, -0.2) is 45.2 Å². The predicted octanol–water partition coefficient (Wildman–Crippen LogP) is 3.63. The van der Waals surface area contributed by atoms with Crippen molar-refractivity contribution < 1.29 is 15.3 Å². The van der Waals surface area contributed by atoms with Gasteiger partial charge in [-0.05, 0) is 80.1 Å². The molecule has 0 spiro atoms. The molecule has 1 aliphatic heterocycles. The van der Waals surface area contributed by atoms with Crippen LogP contribution < -0.4 is 16.0 Å². The zero-order valence-electron chi connectivity index (χ0n) is 19.8. The fourth-order valence-corrected chi connectivity index (χ4v) is 4.81. The van der Waals surface area contributed by atoms with Crippen LogP contribution in [-0.2, 0) is 6.54 Å². The monoisotopic (exact) mass is 465 g/mol. The molecule has 1 aliphatic rings. The summed E-state index contributed by atoms with van der Waals surface area (Å²) in [5, 5.41) is 44.1. The van der Waals surface area contributed by atoms with Gasteiger partial charge in [0.1, 0.15) is 17.3 Å². The fraction of sp³-hybridized carbons (Fsp3) is 0.423. The van der Waals surface area contributed by atoms with Crippen molar-refractivity contribution in [3.63, 3.8) is 0 Å². The predicted molar refractivity (Wildman–Crippen MR) is 136 cm³/mol. The molecule has 1 aromatic heterocycles. The van der Waals surface area contributed by atoms with Gasteiger partial charge >= 0.3 is 0 Å². The average Bonchev–Trinajstić information content (AvgIpc) is 3.20. The first kappa shape index (κ1) is 24.1. The summed E-state index contributed by atoms with van der Waals surface area (Å²) in [7, 11) is 0. The third kappa shape index (κ3) is 4.89. The molecule has 0 amide bonds. The number of hydrogen-bond donors (Lipinski definition) is 6. The van der Waals surface area contributed by atoms with E-state index in [-0.39, 0.29) is 28.8 Å². The Morgan fingerprint density at radius 3 is 2.56 bits per heavy atom. The van der Waals surface area contributed by atoms with E-state index in [2.05, 4.69) is 16.1 Å². The van der Waals surface area contributed by atoms with Crippen molar-refractivity contribution in [2.75, 3.05) is 18.0 Å². The number of aliphatic hydroxyl groups excluding tert-OH is 1. The first-order valence-corrected chi connectivity index (χ1v) is 11.9. The number of amidine groups is 1. The van der Waals surface area contributed by atoms with Crippen LogP contribution in [0.4, 0.5) is 5.69 Å². The van der Waals surface area contributed by atoms with Crippen LogP contribution in [0.15, 0.2) is 42.6 Å². The van der Waals surface area contributed by atoms with E-state index in [1.165, 1.54) is 23.8 Å². The molecule has 8 heteroatoms. The SMILES string of the molecule is CC(C)c1cc(C(=N)N(c2ccc3c(ccn3CCC3CCNCC3)c2)C(N)O)c(O)cc1O. The molecule has 7 N–H and O–H groups in total. The quantitative estimate of drug-likeness (QED) is 0.179. The van der Waals surface area contributed by atoms with Gasteiger partial charge in [0.25, 0.3) is 0 Å². The van der Waals surface area contributed by atoms with Crippen molar-refractivity contribution in [2.45, 2.75) is 51.9 Å². The highest BCUT2D eigenvalue weighted by Crippen LogP contribution is 2.34. The molecule has 0 radical (unpaired) electrons. The van der Waals surface area contributed by atoms with E-state index in [4.69, 9.17) is 11.1 Å². The van der Waals surface area contributed by atoms with Crippen LogP contribution in [0.5, 0.6) is 11.5 Å². The lowest BCUT2D eigenvalue weighted by atomic mass is 9.95. The summed E-state index contributed by atoms with van der Waals surface area (Å²) in [6, 6.07) is 10.5. The fourth-order valence-electron chi connectivity index (χ4n) is 4.81. The van der Waals surface area contributed by atoms with E-state index in [1.807, 2.05) is 38.1 Å². The summed E-state index contributed by atoms with van der Waals surface area (Å²) in [6.07, 6.45) is 4.17. The number of aryl methyl sites for hydroxylation is 1. The molecule has 1 saturated heterocycles. The molecule has 1 atom stereocenters. The van der Waals surface area contributed by atoms with E-state index in [0.717, 1.165) is 42.9 Å². The number of phenolic OH excluding ortho intramolecular Hbond substituents is 2. The maximum atomic E-state index is 10.4. The van der Waals surface area contributed by atoms with Crippen molar-refractivity contribution in [2.24, 2.45) is 11.7 Å². The van der Waals surface area contributed by atoms with Crippen LogP contribution in [0, 0.1) is 11.3 Å². The van der Waals surface area contributed by atoms with E-state index in [9.17, 15) is 15.3 Å². The summed E-state index contributed by atoms with van der Waals surface area (Å²) in [5.74, 6) is 0.303. The van der Waals surface area contributed by atoms with E-state index in [0.29, 0.717) is 11.3 Å². The number of aromatic hydroxyl groups is 2. The molecule has 3 aromatic rings. The van der Waals surface area contributed by atoms with Gasteiger partial charge in [0.05, 0.1) is 5.56 Å². The summed E-state index contributed by atoms with van der Waals surface area (Å²) < 4.78 is 2.25. The van der Waals surface area contributed by atoms with E-state index in [1.54, 1.807) is 6.07 Å². The van der Waals surface area contributed by atoms with Crippen LogP contribution in [0.2, 0.25) is 0 Å². The number of phenols is 2. The van der Waals surface area contributed by atoms with E-state index < -0.39 is 6.35 Å². The van der Waals surface area contributed by atoms with Gasteiger partial charge < -0.3 is 25.2 Å². The average molecular weight is 466 g/mol. The van der Waals surface area contributed by atoms with Crippen LogP contribution in [0.25, 0.3) is 10.9 Å². The number of piperidine rings is 1. The molecule has 8 nitrogen and oxygen atoms in total. The Labute approximate surface area is 200 Å². The Kier molecular flexibility index (Phi) is 7.11. The number of aliphatic hydroxyl groups is 1. The second-order valence-electron chi connectivity index (χ2n) is 9.45. The molecular weight excluding hydrogens is 430 g/mol. The molecular formula is C26H35N5O3. The molecule has 4 rings (SSSR count). The second-order valence-corrected chi connectivity index (χ2v) is 9.45. The van der Waals surface area contributed by atoms with Crippen molar-refractivity contribution in [1.82, 2.24) is 9.88 Å². The van der Waals surface area contributed by atoms with E-state index >= 15 is 0 Å². The molecule has 2 aromatic carbocycles. The van der Waals surface area contributed by atoms with Gasteiger partial charge in [-0.3, -0.25) is 16.0 Å². The number of nitrogens with two attached hydrogens (primary N) is 1. The number of benzene rings is 2. The highest BCUT2D eigenvalue weighted by Gasteiger charge is 2.24.